The summed E-state index contributed by atoms with van der Waals surface area (Å²) in [6.45, 7) is 5.33. The summed E-state index contributed by atoms with van der Waals surface area (Å²) in [5, 5.41) is 6.84. The first-order valence-corrected chi connectivity index (χ1v) is 6.48. The zero-order chi connectivity index (χ0) is 13.0. The lowest BCUT2D eigenvalue weighted by Gasteiger charge is -2.08. The zero-order valence-corrected chi connectivity index (χ0v) is 10.9. The van der Waals surface area contributed by atoms with E-state index in [1.807, 2.05) is 0 Å². The van der Waals surface area contributed by atoms with Crippen molar-refractivity contribution in [1.29, 1.82) is 0 Å². The molecule has 1 fully saturated rings. The van der Waals surface area contributed by atoms with Gasteiger partial charge in [0.05, 0.1) is 6.10 Å². The molecule has 0 saturated carbocycles. The molecule has 0 aliphatic carbocycles. The molecular formula is C13H20N2O3. The summed E-state index contributed by atoms with van der Waals surface area (Å²) < 4.78 is 10.6. The van der Waals surface area contributed by atoms with Crippen LogP contribution in [0.2, 0.25) is 0 Å². The second kappa shape index (κ2) is 6.00. The summed E-state index contributed by atoms with van der Waals surface area (Å²) in [7, 11) is 0. The Morgan fingerprint density at radius 2 is 2.50 bits per heavy atom. The van der Waals surface area contributed by atoms with Crippen molar-refractivity contribution in [2.75, 3.05) is 13.2 Å². The molecule has 1 unspecified atom stereocenters. The van der Waals surface area contributed by atoms with E-state index in [2.05, 4.69) is 24.0 Å². The molecule has 1 aromatic rings. The third kappa shape index (κ3) is 3.57. The van der Waals surface area contributed by atoms with Crippen LogP contribution in [0.3, 0.4) is 0 Å². The molecule has 2 heterocycles. The van der Waals surface area contributed by atoms with Gasteiger partial charge in [-0.25, -0.2) is 4.79 Å². The monoisotopic (exact) mass is 252 g/mol. The average molecular weight is 252 g/mol. The first-order valence-electron chi connectivity index (χ1n) is 6.48. The van der Waals surface area contributed by atoms with Gasteiger partial charge in [0.25, 0.3) is 0 Å². The molecule has 100 valence electrons. The Balaban J connectivity index is 1.82. The van der Waals surface area contributed by atoms with Crippen molar-refractivity contribution in [3.05, 3.63) is 17.5 Å². The van der Waals surface area contributed by atoms with E-state index >= 15 is 0 Å². The SMILES string of the molecule is CC(C)Cc1cc(C(=O)OCC2CCCO2)n[nH]1. The number of nitrogens with one attached hydrogen (secondary N) is 1. The Kier molecular flexibility index (Phi) is 4.36. The molecule has 5 heteroatoms. The van der Waals surface area contributed by atoms with Crippen LogP contribution < -0.4 is 0 Å². The molecule has 0 aromatic carbocycles. The molecule has 0 bridgehead atoms. The zero-order valence-electron chi connectivity index (χ0n) is 10.9. The van der Waals surface area contributed by atoms with Gasteiger partial charge in [0.1, 0.15) is 6.61 Å². The van der Waals surface area contributed by atoms with E-state index in [-0.39, 0.29) is 12.1 Å². The number of H-pyrrole nitrogens is 1. The van der Waals surface area contributed by atoms with Crippen molar-refractivity contribution in [2.24, 2.45) is 5.92 Å². The Morgan fingerprint density at radius 1 is 1.67 bits per heavy atom. The van der Waals surface area contributed by atoms with Crippen LogP contribution in [-0.4, -0.2) is 35.5 Å². The lowest BCUT2D eigenvalue weighted by atomic mass is 10.1. The fourth-order valence-corrected chi connectivity index (χ4v) is 2.03. The highest BCUT2D eigenvalue weighted by molar-refractivity contribution is 5.87. The van der Waals surface area contributed by atoms with E-state index in [4.69, 9.17) is 9.47 Å². The van der Waals surface area contributed by atoms with Crippen LogP contribution >= 0.6 is 0 Å². The van der Waals surface area contributed by atoms with Crippen LogP contribution in [0.15, 0.2) is 6.07 Å². The standard InChI is InChI=1S/C13H20N2O3/c1-9(2)6-10-7-12(15-14-10)13(16)18-8-11-4-3-5-17-11/h7,9,11H,3-6,8H2,1-2H3,(H,14,15). The van der Waals surface area contributed by atoms with Crippen LogP contribution in [0.5, 0.6) is 0 Å². The molecule has 2 rings (SSSR count). The number of hydrogen-bond donors (Lipinski definition) is 1. The van der Waals surface area contributed by atoms with Gasteiger partial charge >= 0.3 is 5.97 Å². The normalized spacial score (nSPS) is 19.4. The summed E-state index contributed by atoms with van der Waals surface area (Å²) in [6, 6.07) is 1.76. The molecule has 1 atom stereocenters. The molecule has 18 heavy (non-hydrogen) atoms. The third-order valence-corrected chi connectivity index (χ3v) is 2.89. The van der Waals surface area contributed by atoms with Gasteiger partial charge in [-0.1, -0.05) is 13.8 Å². The van der Waals surface area contributed by atoms with Gasteiger partial charge in [-0.05, 0) is 31.2 Å². The summed E-state index contributed by atoms with van der Waals surface area (Å²) in [4.78, 5) is 11.7. The van der Waals surface area contributed by atoms with E-state index in [1.54, 1.807) is 6.07 Å². The second-order valence-electron chi connectivity index (χ2n) is 5.11. The number of carbonyl (C=O) groups is 1. The topological polar surface area (TPSA) is 64.2 Å². The van der Waals surface area contributed by atoms with Crippen LogP contribution in [-0.2, 0) is 15.9 Å². The Bertz CT molecular complexity index is 395. The van der Waals surface area contributed by atoms with Gasteiger partial charge in [-0.3, -0.25) is 5.10 Å². The van der Waals surface area contributed by atoms with Crippen molar-refractivity contribution in [2.45, 2.75) is 39.2 Å². The number of nitrogens with zero attached hydrogens (tertiary/aromatic N) is 1. The Labute approximate surface area is 107 Å². The number of aromatic nitrogens is 2. The highest BCUT2D eigenvalue weighted by atomic mass is 16.6. The van der Waals surface area contributed by atoms with E-state index in [0.717, 1.165) is 31.6 Å². The lowest BCUT2D eigenvalue weighted by Crippen LogP contribution is -2.18. The maximum atomic E-state index is 11.7. The highest BCUT2D eigenvalue weighted by Gasteiger charge is 2.19. The number of hydrogen-bond acceptors (Lipinski definition) is 4. The van der Waals surface area contributed by atoms with E-state index in [1.165, 1.54) is 0 Å². The minimum absolute atomic E-state index is 0.0584. The van der Waals surface area contributed by atoms with Gasteiger partial charge < -0.3 is 9.47 Å². The van der Waals surface area contributed by atoms with Gasteiger partial charge in [-0.2, -0.15) is 5.10 Å². The fraction of sp³-hybridized carbons (Fsp3) is 0.692. The Morgan fingerprint density at radius 3 is 3.17 bits per heavy atom. The predicted octanol–water partition coefficient (Wildman–Crippen LogP) is 1.94. The fourth-order valence-electron chi connectivity index (χ4n) is 2.03. The van der Waals surface area contributed by atoms with E-state index in [9.17, 15) is 4.79 Å². The molecule has 0 spiro atoms. The second-order valence-corrected chi connectivity index (χ2v) is 5.11. The molecule has 1 aliphatic rings. The van der Waals surface area contributed by atoms with Crippen molar-refractivity contribution in [3.63, 3.8) is 0 Å². The first kappa shape index (κ1) is 13.1. The molecule has 1 saturated heterocycles. The lowest BCUT2D eigenvalue weighted by molar-refractivity contribution is 0.0156. The van der Waals surface area contributed by atoms with Crippen molar-refractivity contribution < 1.29 is 14.3 Å². The summed E-state index contributed by atoms with van der Waals surface area (Å²) in [5.41, 5.74) is 1.32. The molecular weight excluding hydrogens is 232 g/mol. The van der Waals surface area contributed by atoms with Crippen molar-refractivity contribution in [3.8, 4) is 0 Å². The van der Waals surface area contributed by atoms with Crippen LogP contribution in [0.25, 0.3) is 0 Å². The molecule has 0 amide bonds. The number of esters is 1. The highest BCUT2D eigenvalue weighted by Crippen LogP contribution is 2.13. The molecule has 1 aromatic heterocycles. The van der Waals surface area contributed by atoms with Crippen LogP contribution in [0, 0.1) is 5.92 Å². The maximum Gasteiger partial charge on any atom is 0.358 e. The third-order valence-electron chi connectivity index (χ3n) is 2.89. The minimum Gasteiger partial charge on any atom is -0.458 e. The summed E-state index contributed by atoms with van der Waals surface area (Å²) in [5.74, 6) is 0.151. The van der Waals surface area contributed by atoms with Gasteiger partial charge in [0, 0.05) is 12.3 Å². The molecule has 1 aliphatic heterocycles. The molecule has 0 radical (unpaired) electrons. The van der Waals surface area contributed by atoms with Gasteiger partial charge in [0.2, 0.25) is 0 Å². The van der Waals surface area contributed by atoms with Gasteiger partial charge in [-0.15, -0.1) is 0 Å². The van der Waals surface area contributed by atoms with Crippen molar-refractivity contribution >= 4 is 5.97 Å². The number of carbonyl (C=O) groups excluding carboxylic acids is 1. The minimum atomic E-state index is -0.378. The first-order chi connectivity index (χ1) is 8.65. The van der Waals surface area contributed by atoms with Crippen LogP contribution in [0.1, 0.15) is 42.9 Å². The number of rotatable bonds is 5. The maximum absolute atomic E-state index is 11.7. The average Bonchev–Trinajstić information content (AvgIpc) is 2.95. The van der Waals surface area contributed by atoms with E-state index in [0.29, 0.717) is 18.2 Å². The predicted molar refractivity (Wildman–Crippen MR) is 66.4 cm³/mol. The summed E-state index contributed by atoms with van der Waals surface area (Å²) in [6.07, 6.45) is 2.95. The quantitative estimate of drug-likeness (QED) is 0.813. The largest absolute Gasteiger partial charge is 0.458 e. The number of aromatic amines is 1. The summed E-state index contributed by atoms with van der Waals surface area (Å²) >= 11 is 0. The van der Waals surface area contributed by atoms with Crippen LogP contribution in [0.4, 0.5) is 0 Å². The van der Waals surface area contributed by atoms with E-state index < -0.39 is 0 Å². The Hall–Kier alpha value is -1.36. The molecule has 5 nitrogen and oxygen atoms in total. The van der Waals surface area contributed by atoms with Gasteiger partial charge in [0.15, 0.2) is 5.69 Å². The smallest absolute Gasteiger partial charge is 0.358 e. The number of ether oxygens (including phenoxy) is 2. The molecule has 1 N–H and O–H groups in total. The van der Waals surface area contributed by atoms with Crippen molar-refractivity contribution in [1.82, 2.24) is 10.2 Å².